The zero-order chi connectivity index (χ0) is 16.8. The maximum absolute atomic E-state index is 4.38. The van der Waals surface area contributed by atoms with Crippen molar-refractivity contribution < 1.29 is 4.57 Å². The van der Waals surface area contributed by atoms with E-state index in [2.05, 4.69) is 66.0 Å². The summed E-state index contributed by atoms with van der Waals surface area (Å²) in [6.45, 7) is 2.80. The van der Waals surface area contributed by atoms with Gasteiger partial charge in [-0.15, -0.1) is 0 Å². The Hall–Kier alpha value is -3.13. The van der Waals surface area contributed by atoms with Gasteiger partial charge in [-0.1, -0.05) is 11.3 Å². The molecule has 25 heavy (non-hydrogen) atoms. The quantitative estimate of drug-likeness (QED) is 0.469. The third-order valence-corrected chi connectivity index (χ3v) is 5.10. The first-order valence-electron chi connectivity index (χ1n) is 7.82. The van der Waals surface area contributed by atoms with Crippen LogP contribution in [0.1, 0.15) is 11.3 Å². The molecule has 0 saturated heterocycles. The molecule has 5 aromatic rings. The molecule has 5 rings (SSSR count). The molecule has 5 aromatic heterocycles. The van der Waals surface area contributed by atoms with E-state index in [0.29, 0.717) is 5.78 Å². The van der Waals surface area contributed by atoms with Crippen LogP contribution in [-0.4, -0.2) is 29.0 Å². The van der Waals surface area contributed by atoms with Crippen LogP contribution >= 0.6 is 11.3 Å². The first-order chi connectivity index (χ1) is 12.3. The van der Waals surface area contributed by atoms with Gasteiger partial charge in [0.25, 0.3) is 5.78 Å². The molecule has 0 amide bonds. The van der Waals surface area contributed by atoms with Crippen LogP contribution in [0.2, 0.25) is 0 Å². The minimum atomic E-state index is 0.615. The minimum absolute atomic E-state index is 0.615. The molecule has 0 N–H and O–H groups in total. The largest absolute Gasteiger partial charge is 0.304 e. The van der Waals surface area contributed by atoms with E-state index in [-0.39, 0.29) is 0 Å². The van der Waals surface area contributed by atoms with Crippen molar-refractivity contribution >= 4 is 22.8 Å². The lowest BCUT2D eigenvalue weighted by atomic mass is 10.2. The van der Waals surface area contributed by atoms with E-state index in [9.17, 15) is 0 Å². The maximum atomic E-state index is 4.38. The average Bonchev–Trinajstić information content (AvgIpc) is 3.35. The second-order valence-electron chi connectivity index (χ2n) is 5.90. The van der Waals surface area contributed by atoms with Gasteiger partial charge in [0.05, 0.1) is 5.56 Å². The smallest absolute Gasteiger partial charge is 0.252 e. The van der Waals surface area contributed by atoms with Gasteiger partial charge in [-0.2, -0.15) is 14.6 Å². The SMILES string of the molecule is Cc1cnc2ccc(-c3c[n+](Cc4cnc5ncnn5c4)cs3)cn12. The third kappa shape index (κ3) is 2.47. The summed E-state index contributed by atoms with van der Waals surface area (Å²) in [6.07, 6.45) is 11.5. The third-order valence-electron chi connectivity index (χ3n) is 4.13. The van der Waals surface area contributed by atoms with E-state index in [4.69, 9.17) is 0 Å². The number of nitrogens with zero attached hydrogens (tertiary/aromatic N) is 7. The monoisotopic (exact) mass is 348 g/mol. The Balaban J connectivity index is 1.46. The van der Waals surface area contributed by atoms with Crippen LogP contribution in [-0.2, 0) is 6.54 Å². The molecule has 8 heteroatoms. The summed E-state index contributed by atoms with van der Waals surface area (Å²) in [6, 6.07) is 4.16. The van der Waals surface area contributed by atoms with Gasteiger partial charge in [0.1, 0.15) is 16.9 Å². The van der Waals surface area contributed by atoms with Crippen molar-refractivity contribution in [1.82, 2.24) is 29.0 Å². The molecule has 0 spiro atoms. The lowest BCUT2D eigenvalue weighted by Crippen LogP contribution is -2.30. The number of thiazole rings is 1. The first-order valence-corrected chi connectivity index (χ1v) is 8.70. The van der Waals surface area contributed by atoms with E-state index in [1.54, 1.807) is 15.9 Å². The standard InChI is InChI=1S/C17H14N7S/c1-12-4-18-16-3-2-14(8-23(12)16)15-9-22(11-25-15)6-13-5-19-17-20-10-21-24(17)7-13/h2-5,7-11H,6H2,1H3/q+1. The average molecular weight is 348 g/mol. The van der Waals surface area contributed by atoms with Gasteiger partial charge in [-0.3, -0.25) is 0 Å². The lowest BCUT2D eigenvalue weighted by molar-refractivity contribution is -0.683. The second kappa shape index (κ2) is 5.45. The number of imidazole rings is 1. The summed E-state index contributed by atoms with van der Waals surface area (Å²) < 4.78 is 5.96. The predicted molar refractivity (Wildman–Crippen MR) is 93.3 cm³/mol. The van der Waals surface area contributed by atoms with E-state index in [0.717, 1.165) is 23.4 Å². The van der Waals surface area contributed by atoms with Gasteiger partial charge in [-0.05, 0) is 19.1 Å². The van der Waals surface area contributed by atoms with E-state index in [1.807, 2.05) is 18.6 Å². The first kappa shape index (κ1) is 14.2. The van der Waals surface area contributed by atoms with Crippen molar-refractivity contribution in [2.75, 3.05) is 0 Å². The highest BCUT2D eigenvalue weighted by Crippen LogP contribution is 2.23. The second-order valence-corrected chi connectivity index (χ2v) is 6.79. The fourth-order valence-electron chi connectivity index (χ4n) is 2.86. The van der Waals surface area contributed by atoms with Crippen LogP contribution in [0.5, 0.6) is 0 Å². The molecule has 0 atom stereocenters. The predicted octanol–water partition coefficient (Wildman–Crippen LogP) is 2.14. The van der Waals surface area contributed by atoms with E-state index < -0.39 is 0 Å². The summed E-state index contributed by atoms with van der Waals surface area (Å²) in [5.41, 5.74) is 6.48. The van der Waals surface area contributed by atoms with E-state index in [1.165, 1.54) is 16.8 Å². The molecule has 0 aromatic carbocycles. The molecular weight excluding hydrogens is 334 g/mol. The van der Waals surface area contributed by atoms with Crippen molar-refractivity contribution in [3.05, 3.63) is 66.2 Å². The summed E-state index contributed by atoms with van der Waals surface area (Å²) in [5, 5.41) is 4.13. The Kier molecular flexibility index (Phi) is 3.10. The molecule has 122 valence electrons. The topological polar surface area (TPSA) is 64.3 Å². The number of pyridine rings is 1. The van der Waals surface area contributed by atoms with Gasteiger partial charge < -0.3 is 4.40 Å². The van der Waals surface area contributed by atoms with Gasteiger partial charge in [0.15, 0.2) is 12.7 Å². The number of fused-ring (bicyclic) bond motifs is 2. The lowest BCUT2D eigenvalue weighted by Gasteiger charge is -1.99. The van der Waals surface area contributed by atoms with Crippen LogP contribution in [0.15, 0.2) is 55.0 Å². The van der Waals surface area contributed by atoms with Crippen LogP contribution in [0.3, 0.4) is 0 Å². The van der Waals surface area contributed by atoms with Gasteiger partial charge in [0, 0.05) is 36.0 Å². The Morgan fingerprint density at radius 2 is 2.08 bits per heavy atom. The molecule has 0 radical (unpaired) electrons. The highest BCUT2D eigenvalue weighted by Gasteiger charge is 2.12. The molecular formula is C17H14N7S+. The zero-order valence-corrected chi connectivity index (χ0v) is 14.3. The Labute approximate surface area is 146 Å². The number of aryl methyl sites for hydroxylation is 1. The molecule has 0 aliphatic carbocycles. The van der Waals surface area contributed by atoms with Crippen molar-refractivity contribution in [3.8, 4) is 10.4 Å². The van der Waals surface area contributed by atoms with Crippen LogP contribution in [0.4, 0.5) is 0 Å². The number of hydrogen-bond acceptors (Lipinski definition) is 5. The zero-order valence-electron chi connectivity index (χ0n) is 13.4. The number of rotatable bonds is 3. The minimum Gasteiger partial charge on any atom is -0.304 e. The molecule has 5 heterocycles. The molecule has 0 aliphatic rings. The van der Waals surface area contributed by atoms with Gasteiger partial charge in [-0.25, -0.2) is 14.5 Å². The molecule has 0 fully saturated rings. The Morgan fingerprint density at radius 3 is 3.04 bits per heavy atom. The highest BCUT2D eigenvalue weighted by molar-refractivity contribution is 7.12. The number of aromatic nitrogens is 7. The fourth-order valence-corrected chi connectivity index (χ4v) is 3.70. The van der Waals surface area contributed by atoms with Crippen LogP contribution in [0.25, 0.3) is 21.9 Å². The summed E-state index contributed by atoms with van der Waals surface area (Å²) in [7, 11) is 0. The van der Waals surface area contributed by atoms with E-state index >= 15 is 0 Å². The summed E-state index contributed by atoms with van der Waals surface area (Å²) in [5.74, 6) is 0.615. The molecule has 7 nitrogen and oxygen atoms in total. The fraction of sp³-hybridized carbons (Fsp3) is 0.118. The Morgan fingerprint density at radius 1 is 1.12 bits per heavy atom. The van der Waals surface area contributed by atoms with Crippen molar-refractivity contribution in [2.24, 2.45) is 0 Å². The summed E-state index contributed by atoms with van der Waals surface area (Å²) >= 11 is 1.72. The van der Waals surface area contributed by atoms with Crippen molar-refractivity contribution in [2.45, 2.75) is 13.5 Å². The van der Waals surface area contributed by atoms with Gasteiger partial charge >= 0.3 is 0 Å². The van der Waals surface area contributed by atoms with Crippen LogP contribution in [0, 0.1) is 6.92 Å². The molecule has 0 aliphatic heterocycles. The van der Waals surface area contributed by atoms with Crippen molar-refractivity contribution in [1.29, 1.82) is 0 Å². The Bertz CT molecular complexity index is 1200. The molecule has 0 unspecified atom stereocenters. The normalized spacial score (nSPS) is 11.6. The van der Waals surface area contributed by atoms with Crippen LogP contribution < -0.4 is 4.57 Å². The molecule has 0 saturated carbocycles. The van der Waals surface area contributed by atoms with Crippen molar-refractivity contribution in [3.63, 3.8) is 0 Å². The highest BCUT2D eigenvalue weighted by atomic mass is 32.1. The number of hydrogen-bond donors (Lipinski definition) is 0. The summed E-state index contributed by atoms with van der Waals surface area (Å²) in [4.78, 5) is 14.0. The molecule has 0 bridgehead atoms. The van der Waals surface area contributed by atoms with Gasteiger partial charge in [0.2, 0.25) is 5.51 Å². The maximum Gasteiger partial charge on any atom is 0.252 e.